The van der Waals surface area contributed by atoms with Crippen LogP contribution in [0.2, 0.25) is 0 Å². The van der Waals surface area contributed by atoms with E-state index in [0.717, 1.165) is 35.8 Å². The topological polar surface area (TPSA) is 47.0 Å². The zero-order valence-corrected chi connectivity index (χ0v) is 12.5. The molecule has 0 radical (unpaired) electrons. The zero-order valence-electron chi connectivity index (χ0n) is 10.9. The molecular weight excluding hydrogens is 294 g/mol. The van der Waals surface area contributed by atoms with Gasteiger partial charge in [-0.3, -0.25) is 0 Å². The van der Waals surface area contributed by atoms with E-state index < -0.39 is 0 Å². The molecule has 100 valence electrons. The Morgan fingerprint density at radius 1 is 1.50 bits per heavy atom. The maximum atomic E-state index is 5.59. The van der Waals surface area contributed by atoms with Crippen molar-refractivity contribution in [3.63, 3.8) is 0 Å². The SMILES string of the molecule is CC(C)c1nc(Br)cc(NCCC2CCCO2)n1. The lowest BCUT2D eigenvalue weighted by atomic mass is 10.2. The first-order chi connectivity index (χ1) is 8.65. The van der Waals surface area contributed by atoms with E-state index in [2.05, 4.69) is 45.1 Å². The fraction of sp³-hybridized carbons (Fsp3) is 0.692. The molecule has 1 aromatic heterocycles. The lowest BCUT2D eigenvalue weighted by molar-refractivity contribution is 0.107. The van der Waals surface area contributed by atoms with Crippen LogP contribution >= 0.6 is 15.9 Å². The Kier molecular flexibility index (Phi) is 4.95. The number of rotatable bonds is 5. The molecule has 0 amide bonds. The van der Waals surface area contributed by atoms with Gasteiger partial charge in [-0.15, -0.1) is 0 Å². The van der Waals surface area contributed by atoms with Crippen LogP contribution in [0.4, 0.5) is 5.82 Å². The second-order valence-corrected chi connectivity index (χ2v) is 5.75. The molecule has 0 aromatic carbocycles. The van der Waals surface area contributed by atoms with Crippen LogP contribution < -0.4 is 5.32 Å². The number of anilines is 1. The summed E-state index contributed by atoms with van der Waals surface area (Å²) < 4.78 is 6.43. The van der Waals surface area contributed by atoms with E-state index in [4.69, 9.17) is 4.74 Å². The Balaban J connectivity index is 1.88. The van der Waals surface area contributed by atoms with Crippen molar-refractivity contribution in [3.05, 3.63) is 16.5 Å². The summed E-state index contributed by atoms with van der Waals surface area (Å²) in [7, 11) is 0. The van der Waals surface area contributed by atoms with Crippen molar-refractivity contribution in [1.29, 1.82) is 0 Å². The number of halogens is 1. The predicted molar refractivity (Wildman–Crippen MR) is 75.9 cm³/mol. The van der Waals surface area contributed by atoms with Crippen molar-refractivity contribution >= 4 is 21.7 Å². The van der Waals surface area contributed by atoms with Gasteiger partial charge in [-0.1, -0.05) is 13.8 Å². The lowest BCUT2D eigenvalue weighted by Crippen LogP contribution is -2.13. The molecule has 1 aromatic rings. The van der Waals surface area contributed by atoms with Crippen LogP contribution in [-0.4, -0.2) is 29.2 Å². The van der Waals surface area contributed by atoms with Crippen LogP contribution in [0.1, 0.15) is 44.9 Å². The van der Waals surface area contributed by atoms with Crippen LogP contribution in [0, 0.1) is 0 Å². The molecule has 1 aliphatic heterocycles. The summed E-state index contributed by atoms with van der Waals surface area (Å²) >= 11 is 3.42. The molecule has 1 aliphatic rings. The second-order valence-electron chi connectivity index (χ2n) is 4.94. The summed E-state index contributed by atoms with van der Waals surface area (Å²) in [6.07, 6.45) is 3.85. The molecule has 1 fully saturated rings. The van der Waals surface area contributed by atoms with Gasteiger partial charge in [0.15, 0.2) is 0 Å². The number of aromatic nitrogens is 2. The number of hydrogen-bond donors (Lipinski definition) is 1. The predicted octanol–water partition coefficient (Wildman–Crippen LogP) is 3.34. The molecule has 1 N–H and O–H groups in total. The molecule has 1 unspecified atom stereocenters. The zero-order chi connectivity index (χ0) is 13.0. The van der Waals surface area contributed by atoms with Gasteiger partial charge in [-0.25, -0.2) is 9.97 Å². The molecule has 5 heteroatoms. The monoisotopic (exact) mass is 313 g/mol. The summed E-state index contributed by atoms with van der Waals surface area (Å²) in [5.41, 5.74) is 0. The van der Waals surface area contributed by atoms with Crippen LogP contribution in [0.25, 0.3) is 0 Å². The lowest BCUT2D eigenvalue weighted by Gasteiger charge is -2.12. The largest absolute Gasteiger partial charge is 0.378 e. The minimum atomic E-state index is 0.334. The molecule has 1 atom stereocenters. The van der Waals surface area contributed by atoms with Gasteiger partial charge < -0.3 is 10.1 Å². The smallest absolute Gasteiger partial charge is 0.134 e. The van der Waals surface area contributed by atoms with Gasteiger partial charge in [0.25, 0.3) is 0 Å². The van der Waals surface area contributed by atoms with Crippen LogP contribution in [-0.2, 0) is 4.74 Å². The van der Waals surface area contributed by atoms with Crippen molar-refractivity contribution < 1.29 is 4.74 Å². The molecule has 0 aliphatic carbocycles. The second kappa shape index (κ2) is 6.48. The van der Waals surface area contributed by atoms with Crippen LogP contribution in [0.15, 0.2) is 10.7 Å². The van der Waals surface area contributed by atoms with Gasteiger partial charge in [0.1, 0.15) is 16.2 Å². The quantitative estimate of drug-likeness (QED) is 0.847. The maximum absolute atomic E-state index is 5.59. The van der Waals surface area contributed by atoms with Gasteiger partial charge in [0, 0.05) is 25.1 Å². The van der Waals surface area contributed by atoms with E-state index in [1.165, 1.54) is 12.8 Å². The maximum Gasteiger partial charge on any atom is 0.134 e. The van der Waals surface area contributed by atoms with Gasteiger partial charge >= 0.3 is 0 Å². The molecule has 0 bridgehead atoms. The first-order valence-electron chi connectivity index (χ1n) is 6.55. The van der Waals surface area contributed by atoms with Gasteiger partial charge in [-0.2, -0.15) is 0 Å². The molecule has 18 heavy (non-hydrogen) atoms. The fourth-order valence-corrected chi connectivity index (χ4v) is 2.42. The minimum Gasteiger partial charge on any atom is -0.378 e. The van der Waals surface area contributed by atoms with E-state index in [1.807, 2.05) is 6.07 Å². The van der Waals surface area contributed by atoms with Crippen LogP contribution in [0.5, 0.6) is 0 Å². The Hall–Kier alpha value is -0.680. The molecule has 1 saturated heterocycles. The number of hydrogen-bond acceptors (Lipinski definition) is 4. The minimum absolute atomic E-state index is 0.334. The Labute approximate surface area is 117 Å². The van der Waals surface area contributed by atoms with Gasteiger partial charge in [0.05, 0.1) is 6.10 Å². The summed E-state index contributed by atoms with van der Waals surface area (Å²) in [5.74, 6) is 2.09. The highest BCUT2D eigenvalue weighted by Gasteiger charge is 2.14. The molecule has 0 saturated carbocycles. The summed E-state index contributed by atoms with van der Waals surface area (Å²) in [6.45, 7) is 6.00. The van der Waals surface area contributed by atoms with E-state index >= 15 is 0 Å². The van der Waals surface area contributed by atoms with Gasteiger partial charge in [0.2, 0.25) is 0 Å². The van der Waals surface area contributed by atoms with Crippen molar-refractivity contribution in [2.24, 2.45) is 0 Å². The molecule has 4 nitrogen and oxygen atoms in total. The summed E-state index contributed by atoms with van der Waals surface area (Å²) in [6, 6.07) is 1.92. The summed E-state index contributed by atoms with van der Waals surface area (Å²) in [4.78, 5) is 8.86. The van der Waals surface area contributed by atoms with Gasteiger partial charge in [-0.05, 0) is 35.2 Å². The standard InChI is InChI=1S/C13H20BrN3O/c1-9(2)13-16-11(14)8-12(17-13)15-6-5-10-4-3-7-18-10/h8-10H,3-7H2,1-2H3,(H,15,16,17). The molecular formula is C13H20BrN3O. The van der Waals surface area contributed by atoms with Crippen molar-refractivity contribution in [2.45, 2.75) is 45.1 Å². The highest BCUT2D eigenvalue weighted by molar-refractivity contribution is 9.10. The van der Waals surface area contributed by atoms with Crippen LogP contribution in [0.3, 0.4) is 0 Å². The third-order valence-electron chi connectivity index (χ3n) is 3.03. The molecule has 2 rings (SSSR count). The molecule has 0 spiro atoms. The fourth-order valence-electron chi connectivity index (χ4n) is 2.02. The average molecular weight is 314 g/mol. The Bertz CT molecular complexity index is 392. The third-order valence-corrected chi connectivity index (χ3v) is 3.43. The summed E-state index contributed by atoms with van der Waals surface area (Å²) in [5, 5.41) is 3.35. The van der Waals surface area contributed by atoms with Crippen molar-refractivity contribution in [1.82, 2.24) is 9.97 Å². The highest BCUT2D eigenvalue weighted by Crippen LogP contribution is 2.18. The average Bonchev–Trinajstić information content (AvgIpc) is 2.81. The first-order valence-corrected chi connectivity index (χ1v) is 7.34. The Morgan fingerprint density at radius 3 is 3.00 bits per heavy atom. The normalized spacial score (nSPS) is 19.4. The van der Waals surface area contributed by atoms with Crippen molar-refractivity contribution in [2.75, 3.05) is 18.5 Å². The molecule has 2 heterocycles. The van der Waals surface area contributed by atoms with E-state index in [-0.39, 0.29) is 0 Å². The number of nitrogens with one attached hydrogen (secondary N) is 1. The highest BCUT2D eigenvalue weighted by atomic mass is 79.9. The Morgan fingerprint density at radius 2 is 2.33 bits per heavy atom. The first kappa shape index (κ1) is 13.7. The number of ether oxygens (including phenoxy) is 1. The van der Waals surface area contributed by atoms with E-state index in [1.54, 1.807) is 0 Å². The van der Waals surface area contributed by atoms with E-state index in [0.29, 0.717) is 12.0 Å². The number of nitrogens with zero attached hydrogens (tertiary/aromatic N) is 2. The van der Waals surface area contributed by atoms with E-state index in [9.17, 15) is 0 Å². The van der Waals surface area contributed by atoms with Crippen molar-refractivity contribution in [3.8, 4) is 0 Å². The third kappa shape index (κ3) is 3.92.